The molecule has 2 rings (SSSR count). The largest absolute Gasteiger partial charge is 0.375 e. The number of para-hydroxylation sites is 1. The Balaban J connectivity index is 2.60. The number of amides is 1. The van der Waals surface area contributed by atoms with E-state index in [1.54, 1.807) is 12.1 Å². The average molecular weight is 191 g/mol. The van der Waals surface area contributed by atoms with Crippen LogP contribution in [0.4, 0.5) is 5.69 Å². The Hall–Kier alpha value is -1.35. The smallest absolute Gasteiger partial charge is 0.261 e. The first-order valence-electron chi connectivity index (χ1n) is 4.70. The fourth-order valence-electron chi connectivity index (χ4n) is 1.84. The van der Waals surface area contributed by atoms with E-state index in [-0.39, 0.29) is 11.8 Å². The molecule has 1 aliphatic rings. The fraction of sp³-hybridized carbons (Fsp3) is 0.364. The van der Waals surface area contributed by atoms with E-state index < -0.39 is 5.60 Å². The highest BCUT2D eigenvalue weighted by Gasteiger charge is 2.47. The van der Waals surface area contributed by atoms with Gasteiger partial charge in [-0.2, -0.15) is 0 Å². The van der Waals surface area contributed by atoms with E-state index in [9.17, 15) is 9.90 Å². The summed E-state index contributed by atoms with van der Waals surface area (Å²) >= 11 is 0. The highest BCUT2D eigenvalue weighted by atomic mass is 16.3. The summed E-state index contributed by atoms with van der Waals surface area (Å²) in [7, 11) is 0. The molecule has 0 spiro atoms. The first kappa shape index (κ1) is 9.21. The lowest BCUT2D eigenvalue weighted by molar-refractivity contribution is -0.138. The second kappa shape index (κ2) is 2.82. The van der Waals surface area contributed by atoms with Crippen molar-refractivity contribution in [2.24, 2.45) is 5.92 Å². The van der Waals surface area contributed by atoms with Gasteiger partial charge in [-0.05, 0) is 12.0 Å². The highest BCUT2D eigenvalue weighted by Crippen LogP contribution is 2.40. The molecule has 1 atom stereocenters. The van der Waals surface area contributed by atoms with Gasteiger partial charge < -0.3 is 10.4 Å². The van der Waals surface area contributed by atoms with Crippen molar-refractivity contribution >= 4 is 11.6 Å². The van der Waals surface area contributed by atoms with Crippen molar-refractivity contribution in [3.63, 3.8) is 0 Å². The Bertz CT molecular complexity index is 387. The third-order valence-electron chi connectivity index (χ3n) is 2.77. The van der Waals surface area contributed by atoms with Crippen molar-refractivity contribution in [3.8, 4) is 0 Å². The zero-order valence-electron chi connectivity index (χ0n) is 8.24. The summed E-state index contributed by atoms with van der Waals surface area (Å²) in [5, 5.41) is 13.0. The van der Waals surface area contributed by atoms with Crippen molar-refractivity contribution in [3.05, 3.63) is 29.8 Å². The van der Waals surface area contributed by atoms with Crippen LogP contribution in [0.25, 0.3) is 0 Å². The lowest BCUT2D eigenvalue weighted by Gasteiger charge is -2.24. The molecule has 0 saturated heterocycles. The Morgan fingerprint density at radius 2 is 2.00 bits per heavy atom. The number of hydrogen-bond donors (Lipinski definition) is 2. The maximum Gasteiger partial charge on any atom is 0.261 e. The van der Waals surface area contributed by atoms with Crippen LogP contribution in [0.3, 0.4) is 0 Å². The number of hydrogen-bond acceptors (Lipinski definition) is 2. The lowest BCUT2D eigenvalue weighted by Crippen LogP contribution is -2.39. The van der Waals surface area contributed by atoms with Gasteiger partial charge in [-0.1, -0.05) is 32.0 Å². The second-order valence-corrected chi connectivity index (χ2v) is 3.92. The molecule has 1 aliphatic heterocycles. The van der Waals surface area contributed by atoms with Crippen LogP contribution in [-0.4, -0.2) is 11.0 Å². The number of aliphatic hydroxyl groups is 1. The van der Waals surface area contributed by atoms with Gasteiger partial charge >= 0.3 is 0 Å². The molecule has 0 saturated carbocycles. The van der Waals surface area contributed by atoms with E-state index in [4.69, 9.17) is 0 Å². The minimum Gasteiger partial charge on any atom is -0.375 e. The zero-order valence-corrected chi connectivity index (χ0v) is 8.24. The standard InChI is InChI=1S/C11H13NO2/c1-7(2)11(14)8-5-3-4-6-9(8)12-10(11)13/h3-7,14H,1-2H3,(H,12,13)/t11-/m1/s1. The quantitative estimate of drug-likeness (QED) is 0.706. The Kier molecular flexibility index (Phi) is 1.86. The van der Waals surface area contributed by atoms with Gasteiger partial charge in [-0.25, -0.2) is 0 Å². The first-order valence-corrected chi connectivity index (χ1v) is 4.70. The molecule has 74 valence electrons. The molecular weight excluding hydrogens is 178 g/mol. The van der Waals surface area contributed by atoms with Crippen molar-refractivity contribution in [1.29, 1.82) is 0 Å². The molecule has 3 nitrogen and oxygen atoms in total. The van der Waals surface area contributed by atoms with E-state index in [1.807, 2.05) is 26.0 Å². The average Bonchev–Trinajstić information content (AvgIpc) is 2.41. The minimum absolute atomic E-state index is 0.133. The van der Waals surface area contributed by atoms with Gasteiger partial charge in [0.1, 0.15) is 0 Å². The Morgan fingerprint density at radius 1 is 1.36 bits per heavy atom. The Labute approximate surface area is 82.8 Å². The molecule has 14 heavy (non-hydrogen) atoms. The summed E-state index contributed by atoms with van der Waals surface area (Å²) in [6.07, 6.45) is 0. The van der Waals surface area contributed by atoms with Crippen LogP contribution in [0.15, 0.2) is 24.3 Å². The van der Waals surface area contributed by atoms with Crippen LogP contribution in [0, 0.1) is 5.92 Å². The van der Waals surface area contributed by atoms with Gasteiger partial charge in [0.15, 0.2) is 5.60 Å². The number of rotatable bonds is 1. The van der Waals surface area contributed by atoms with Crippen LogP contribution in [-0.2, 0) is 10.4 Å². The fourth-order valence-corrected chi connectivity index (χ4v) is 1.84. The monoisotopic (exact) mass is 191 g/mol. The molecular formula is C11H13NO2. The Morgan fingerprint density at radius 3 is 2.64 bits per heavy atom. The number of benzene rings is 1. The molecule has 1 amide bonds. The van der Waals surface area contributed by atoms with Gasteiger partial charge in [0.2, 0.25) is 0 Å². The maximum absolute atomic E-state index is 11.6. The van der Waals surface area contributed by atoms with Crippen molar-refractivity contribution < 1.29 is 9.90 Å². The third kappa shape index (κ3) is 0.990. The molecule has 0 aromatic heterocycles. The summed E-state index contributed by atoms with van der Waals surface area (Å²) in [5.74, 6) is -0.458. The van der Waals surface area contributed by atoms with Crippen molar-refractivity contribution in [1.82, 2.24) is 0 Å². The van der Waals surface area contributed by atoms with Gasteiger partial charge in [0, 0.05) is 11.3 Å². The molecule has 3 heteroatoms. The molecule has 1 heterocycles. The molecule has 0 radical (unpaired) electrons. The van der Waals surface area contributed by atoms with Crippen molar-refractivity contribution in [2.75, 3.05) is 5.32 Å². The zero-order chi connectivity index (χ0) is 10.3. The van der Waals surface area contributed by atoms with Crippen LogP contribution in [0.1, 0.15) is 19.4 Å². The summed E-state index contributed by atoms with van der Waals surface area (Å²) in [6, 6.07) is 7.25. The van der Waals surface area contributed by atoms with Gasteiger partial charge in [-0.15, -0.1) is 0 Å². The summed E-state index contributed by atoms with van der Waals surface area (Å²) in [6.45, 7) is 3.67. The van der Waals surface area contributed by atoms with Gasteiger partial charge in [0.05, 0.1) is 0 Å². The van der Waals surface area contributed by atoms with Crippen LogP contribution in [0.2, 0.25) is 0 Å². The maximum atomic E-state index is 11.6. The van der Waals surface area contributed by atoms with E-state index in [0.29, 0.717) is 11.3 Å². The number of nitrogens with one attached hydrogen (secondary N) is 1. The van der Waals surface area contributed by atoms with E-state index in [2.05, 4.69) is 5.32 Å². The van der Waals surface area contributed by atoms with Crippen LogP contribution >= 0.6 is 0 Å². The second-order valence-electron chi connectivity index (χ2n) is 3.92. The lowest BCUT2D eigenvalue weighted by atomic mass is 9.85. The molecule has 0 unspecified atom stereocenters. The first-order chi connectivity index (χ1) is 6.56. The normalized spacial score (nSPS) is 25.0. The van der Waals surface area contributed by atoms with Crippen molar-refractivity contribution in [2.45, 2.75) is 19.4 Å². The number of anilines is 1. The summed E-state index contributed by atoms with van der Waals surface area (Å²) in [5.41, 5.74) is 0.0325. The topological polar surface area (TPSA) is 49.3 Å². The van der Waals surface area contributed by atoms with E-state index in [0.717, 1.165) is 0 Å². The molecule has 1 aromatic carbocycles. The van der Waals surface area contributed by atoms with E-state index >= 15 is 0 Å². The molecule has 0 bridgehead atoms. The number of carbonyl (C=O) groups is 1. The number of carbonyl (C=O) groups excluding carboxylic acids is 1. The predicted molar refractivity (Wildman–Crippen MR) is 53.8 cm³/mol. The van der Waals surface area contributed by atoms with E-state index in [1.165, 1.54) is 0 Å². The van der Waals surface area contributed by atoms with Crippen LogP contribution < -0.4 is 5.32 Å². The van der Waals surface area contributed by atoms with Gasteiger partial charge in [-0.3, -0.25) is 4.79 Å². The van der Waals surface area contributed by atoms with Crippen LogP contribution in [0.5, 0.6) is 0 Å². The third-order valence-corrected chi connectivity index (χ3v) is 2.77. The SMILES string of the molecule is CC(C)[C@]1(O)C(=O)Nc2ccccc21. The molecule has 0 aliphatic carbocycles. The summed E-state index contributed by atoms with van der Waals surface area (Å²) < 4.78 is 0. The van der Waals surface area contributed by atoms with Gasteiger partial charge in [0.25, 0.3) is 5.91 Å². The highest BCUT2D eigenvalue weighted by molar-refractivity contribution is 6.05. The molecule has 1 aromatic rings. The number of fused-ring (bicyclic) bond motifs is 1. The molecule has 0 fully saturated rings. The predicted octanol–water partition coefficient (Wildman–Crippen LogP) is 1.48. The molecule has 2 N–H and O–H groups in total. The summed E-state index contributed by atoms with van der Waals surface area (Å²) in [4.78, 5) is 11.6. The minimum atomic E-state index is -1.36.